The van der Waals surface area contributed by atoms with Crippen molar-refractivity contribution in [1.29, 1.82) is 0 Å². The van der Waals surface area contributed by atoms with Gasteiger partial charge in [0.25, 0.3) is 0 Å². The van der Waals surface area contributed by atoms with E-state index in [0.717, 1.165) is 55.5 Å². The van der Waals surface area contributed by atoms with Gasteiger partial charge in [-0.15, -0.1) is 0 Å². The molecule has 5 nitrogen and oxygen atoms in total. The van der Waals surface area contributed by atoms with Crippen molar-refractivity contribution < 1.29 is 14.6 Å². The molecule has 0 aromatic heterocycles. The van der Waals surface area contributed by atoms with Gasteiger partial charge in [-0.05, 0) is 54.9 Å². The highest BCUT2D eigenvalue weighted by molar-refractivity contribution is 6.30. The summed E-state index contributed by atoms with van der Waals surface area (Å²) in [6.45, 7) is 6.48. The van der Waals surface area contributed by atoms with Crippen LogP contribution in [0.2, 0.25) is 5.02 Å². The first-order valence-corrected chi connectivity index (χ1v) is 10.6. The standard InChI is InChI=1S/C23H31ClN2O3/c1-28-23-9-5-19(6-10-23)15-25-11-2-12-26(14-13-25)16-22(27)18-29-17-20-3-7-21(24)8-4-20/h3-10,22,27H,2,11-18H2,1H3. The molecule has 0 spiro atoms. The van der Waals surface area contributed by atoms with Gasteiger partial charge in [0.1, 0.15) is 5.75 Å². The van der Waals surface area contributed by atoms with E-state index >= 15 is 0 Å². The predicted octanol–water partition coefficient (Wildman–Crippen LogP) is 3.43. The van der Waals surface area contributed by atoms with Crippen LogP contribution < -0.4 is 4.74 Å². The summed E-state index contributed by atoms with van der Waals surface area (Å²) in [6.07, 6.45) is 0.629. The zero-order valence-electron chi connectivity index (χ0n) is 17.1. The van der Waals surface area contributed by atoms with E-state index in [9.17, 15) is 5.11 Å². The van der Waals surface area contributed by atoms with Crippen LogP contribution in [0.4, 0.5) is 0 Å². The van der Waals surface area contributed by atoms with Gasteiger partial charge >= 0.3 is 0 Å². The maximum absolute atomic E-state index is 10.4. The molecule has 0 aliphatic carbocycles. The lowest BCUT2D eigenvalue weighted by atomic mass is 10.2. The number of nitrogens with zero attached hydrogens (tertiary/aromatic N) is 2. The van der Waals surface area contributed by atoms with Gasteiger partial charge in [0.05, 0.1) is 26.4 Å². The second-order valence-corrected chi connectivity index (χ2v) is 8.01. The third-order valence-corrected chi connectivity index (χ3v) is 5.46. The minimum Gasteiger partial charge on any atom is -0.497 e. The number of hydrogen-bond donors (Lipinski definition) is 1. The average Bonchev–Trinajstić information content (AvgIpc) is 2.95. The number of halogens is 1. The Bertz CT molecular complexity index is 724. The smallest absolute Gasteiger partial charge is 0.118 e. The molecule has 29 heavy (non-hydrogen) atoms. The topological polar surface area (TPSA) is 45.2 Å². The Balaban J connectivity index is 1.36. The highest BCUT2D eigenvalue weighted by Crippen LogP contribution is 2.15. The number of hydrogen-bond acceptors (Lipinski definition) is 5. The van der Waals surface area contributed by atoms with Gasteiger partial charge in [0, 0.05) is 31.2 Å². The fraction of sp³-hybridized carbons (Fsp3) is 0.478. The number of β-amino-alcohol motifs (C(OH)–C–C–N with tert-alkyl or cyclic N) is 1. The maximum atomic E-state index is 10.4. The first-order valence-electron chi connectivity index (χ1n) is 10.2. The summed E-state index contributed by atoms with van der Waals surface area (Å²) < 4.78 is 10.9. The Morgan fingerprint density at radius 2 is 1.59 bits per heavy atom. The van der Waals surface area contributed by atoms with Crippen LogP contribution in [0.1, 0.15) is 17.5 Å². The third-order valence-electron chi connectivity index (χ3n) is 5.21. The zero-order valence-corrected chi connectivity index (χ0v) is 17.9. The highest BCUT2D eigenvalue weighted by Gasteiger charge is 2.17. The molecule has 2 aromatic rings. The van der Waals surface area contributed by atoms with Crippen LogP contribution in [0.5, 0.6) is 5.75 Å². The monoisotopic (exact) mass is 418 g/mol. The van der Waals surface area contributed by atoms with Gasteiger partial charge < -0.3 is 14.6 Å². The van der Waals surface area contributed by atoms with Crippen molar-refractivity contribution in [2.24, 2.45) is 0 Å². The van der Waals surface area contributed by atoms with E-state index in [0.29, 0.717) is 19.8 Å². The summed E-state index contributed by atoms with van der Waals surface area (Å²) in [5, 5.41) is 11.1. The molecule has 1 heterocycles. The summed E-state index contributed by atoms with van der Waals surface area (Å²) in [5.74, 6) is 0.892. The normalized spacial score (nSPS) is 17.1. The number of benzene rings is 2. The van der Waals surface area contributed by atoms with E-state index in [4.69, 9.17) is 21.1 Å². The van der Waals surface area contributed by atoms with Crippen LogP contribution in [-0.4, -0.2) is 67.5 Å². The fourth-order valence-corrected chi connectivity index (χ4v) is 3.72. The molecule has 6 heteroatoms. The van der Waals surface area contributed by atoms with Crippen molar-refractivity contribution in [3.8, 4) is 5.75 Å². The van der Waals surface area contributed by atoms with E-state index in [-0.39, 0.29) is 0 Å². The SMILES string of the molecule is COc1ccc(CN2CCCN(CC(O)COCc3ccc(Cl)cc3)CC2)cc1. The van der Waals surface area contributed by atoms with E-state index in [2.05, 4.69) is 21.9 Å². The van der Waals surface area contributed by atoms with Crippen LogP contribution >= 0.6 is 11.6 Å². The Hall–Kier alpha value is -1.63. The summed E-state index contributed by atoms with van der Waals surface area (Å²) in [7, 11) is 1.69. The minimum atomic E-state index is -0.476. The molecule has 158 valence electrons. The molecule has 1 unspecified atom stereocenters. The van der Waals surface area contributed by atoms with Gasteiger partial charge in [-0.1, -0.05) is 35.9 Å². The van der Waals surface area contributed by atoms with Crippen LogP contribution in [0, 0.1) is 0 Å². The van der Waals surface area contributed by atoms with Crippen LogP contribution in [0.15, 0.2) is 48.5 Å². The van der Waals surface area contributed by atoms with E-state index in [1.807, 2.05) is 36.4 Å². The van der Waals surface area contributed by atoms with Crippen molar-refractivity contribution in [2.75, 3.05) is 46.4 Å². The lowest BCUT2D eigenvalue weighted by molar-refractivity contribution is 0.0105. The molecular formula is C23H31ClN2O3. The van der Waals surface area contributed by atoms with Crippen LogP contribution in [-0.2, 0) is 17.9 Å². The van der Waals surface area contributed by atoms with Gasteiger partial charge in [-0.2, -0.15) is 0 Å². The van der Waals surface area contributed by atoms with E-state index in [1.165, 1.54) is 5.56 Å². The van der Waals surface area contributed by atoms with Crippen molar-refractivity contribution in [3.05, 3.63) is 64.7 Å². The Morgan fingerprint density at radius 1 is 0.931 bits per heavy atom. The molecule has 1 saturated heterocycles. The van der Waals surface area contributed by atoms with E-state index < -0.39 is 6.10 Å². The summed E-state index contributed by atoms with van der Waals surface area (Å²) in [4.78, 5) is 4.82. The number of ether oxygens (including phenoxy) is 2. The molecule has 1 aliphatic rings. The Labute approximate surface area is 178 Å². The lowest BCUT2D eigenvalue weighted by Gasteiger charge is -2.24. The molecule has 1 aliphatic heterocycles. The van der Waals surface area contributed by atoms with E-state index in [1.54, 1.807) is 7.11 Å². The molecule has 1 atom stereocenters. The Morgan fingerprint density at radius 3 is 2.31 bits per heavy atom. The molecule has 0 radical (unpaired) electrons. The average molecular weight is 419 g/mol. The van der Waals surface area contributed by atoms with Gasteiger partial charge in [-0.25, -0.2) is 0 Å². The Kier molecular flexibility index (Phi) is 8.77. The number of aliphatic hydroxyl groups excluding tert-OH is 1. The number of rotatable bonds is 9. The second kappa shape index (κ2) is 11.5. The molecule has 3 rings (SSSR count). The lowest BCUT2D eigenvalue weighted by Crippen LogP contribution is -2.37. The predicted molar refractivity (Wildman–Crippen MR) is 116 cm³/mol. The minimum absolute atomic E-state index is 0.342. The largest absolute Gasteiger partial charge is 0.497 e. The second-order valence-electron chi connectivity index (χ2n) is 7.57. The highest BCUT2D eigenvalue weighted by atomic mass is 35.5. The molecule has 0 bridgehead atoms. The van der Waals surface area contributed by atoms with Crippen LogP contribution in [0.25, 0.3) is 0 Å². The maximum Gasteiger partial charge on any atom is 0.118 e. The summed E-state index contributed by atoms with van der Waals surface area (Å²) >= 11 is 5.89. The van der Waals surface area contributed by atoms with Gasteiger partial charge in [0.2, 0.25) is 0 Å². The van der Waals surface area contributed by atoms with Crippen molar-refractivity contribution >= 4 is 11.6 Å². The first kappa shape index (κ1) is 22.1. The molecular weight excluding hydrogens is 388 g/mol. The van der Waals surface area contributed by atoms with Crippen molar-refractivity contribution in [1.82, 2.24) is 9.80 Å². The molecule has 2 aromatic carbocycles. The van der Waals surface area contributed by atoms with Crippen molar-refractivity contribution in [3.63, 3.8) is 0 Å². The first-order chi connectivity index (χ1) is 14.1. The summed E-state index contributed by atoms with van der Waals surface area (Å²) in [5.41, 5.74) is 2.36. The molecule has 1 N–H and O–H groups in total. The fourth-order valence-electron chi connectivity index (χ4n) is 3.60. The molecule has 0 saturated carbocycles. The number of aliphatic hydroxyl groups is 1. The van der Waals surface area contributed by atoms with Gasteiger partial charge in [0.15, 0.2) is 0 Å². The number of methoxy groups -OCH3 is 1. The quantitative estimate of drug-likeness (QED) is 0.675. The third kappa shape index (κ3) is 7.61. The van der Waals surface area contributed by atoms with Crippen LogP contribution in [0.3, 0.4) is 0 Å². The van der Waals surface area contributed by atoms with Gasteiger partial charge in [-0.3, -0.25) is 9.80 Å². The van der Waals surface area contributed by atoms with Crippen molar-refractivity contribution in [2.45, 2.75) is 25.7 Å². The molecule has 0 amide bonds. The zero-order chi connectivity index (χ0) is 20.5. The summed E-state index contributed by atoms with van der Waals surface area (Å²) in [6, 6.07) is 15.9. The molecule has 1 fully saturated rings.